The molecule has 0 spiro atoms. The van der Waals surface area contributed by atoms with Crippen LogP contribution in [0.15, 0.2) is 24.3 Å². The van der Waals surface area contributed by atoms with Crippen molar-refractivity contribution in [2.24, 2.45) is 5.41 Å². The summed E-state index contributed by atoms with van der Waals surface area (Å²) in [6, 6.07) is 9.84. The van der Waals surface area contributed by atoms with Gasteiger partial charge in [-0.15, -0.1) is 0 Å². The van der Waals surface area contributed by atoms with Gasteiger partial charge in [-0.05, 0) is 43.9 Å². The number of nitrogens with one attached hydrogen (secondary N) is 1. The van der Waals surface area contributed by atoms with Crippen LogP contribution in [0.3, 0.4) is 0 Å². The van der Waals surface area contributed by atoms with Crippen LogP contribution in [0.25, 0.3) is 0 Å². The Morgan fingerprint density at radius 2 is 1.75 bits per heavy atom. The number of nitrogens with zero attached hydrogens (tertiary/aromatic N) is 1. The molecule has 0 aliphatic rings. The summed E-state index contributed by atoms with van der Waals surface area (Å²) in [5.41, 5.74) is 2.06. The smallest absolute Gasteiger partial charge is 0.0992 e. The molecule has 20 heavy (non-hydrogen) atoms. The van der Waals surface area contributed by atoms with Crippen molar-refractivity contribution in [3.05, 3.63) is 29.8 Å². The van der Waals surface area contributed by atoms with Crippen LogP contribution in [0.2, 0.25) is 0 Å². The first-order chi connectivity index (χ1) is 9.28. The van der Waals surface area contributed by atoms with E-state index in [1.165, 1.54) is 0 Å². The summed E-state index contributed by atoms with van der Waals surface area (Å²) in [6.45, 7) is 15.2. The first-order valence-corrected chi connectivity index (χ1v) is 7.56. The molecule has 0 saturated heterocycles. The zero-order valence-corrected chi connectivity index (χ0v) is 14.2. The quantitative estimate of drug-likeness (QED) is 0.758. The van der Waals surface area contributed by atoms with Gasteiger partial charge in [0.2, 0.25) is 0 Å². The third kappa shape index (κ3) is 6.61. The number of hydrogen-bond donors (Lipinski definition) is 1. The van der Waals surface area contributed by atoms with E-state index in [4.69, 9.17) is 5.26 Å². The number of hydrogen-bond acceptors (Lipinski definition) is 2. The zero-order valence-electron chi connectivity index (χ0n) is 14.2. The van der Waals surface area contributed by atoms with Gasteiger partial charge in [-0.3, -0.25) is 0 Å². The lowest BCUT2D eigenvalue weighted by atomic mass is 9.78. The van der Waals surface area contributed by atoms with Crippen molar-refractivity contribution < 1.29 is 0 Å². The van der Waals surface area contributed by atoms with E-state index in [9.17, 15) is 0 Å². The fraction of sp³-hybridized carbons (Fsp3) is 0.611. The highest BCUT2D eigenvalue weighted by Gasteiger charge is 2.27. The molecule has 0 aliphatic heterocycles. The monoisotopic (exact) mass is 274 g/mol. The molecule has 1 aromatic rings. The third-order valence-corrected chi connectivity index (χ3v) is 3.35. The van der Waals surface area contributed by atoms with E-state index in [-0.39, 0.29) is 5.54 Å². The van der Waals surface area contributed by atoms with Crippen molar-refractivity contribution in [1.29, 1.82) is 5.26 Å². The van der Waals surface area contributed by atoms with Crippen LogP contribution in [0.1, 0.15) is 66.9 Å². The molecule has 0 unspecified atom stereocenters. The Bertz CT molecular complexity index is 439. The van der Waals surface area contributed by atoms with Crippen molar-refractivity contribution >= 4 is 5.69 Å². The fourth-order valence-corrected chi connectivity index (χ4v) is 2.42. The van der Waals surface area contributed by atoms with Crippen molar-refractivity contribution in [2.45, 2.75) is 66.8 Å². The molecule has 1 rings (SSSR count). The predicted molar refractivity (Wildman–Crippen MR) is 88.9 cm³/mol. The van der Waals surface area contributed by atoms with Gasteiger partial charge < -0.3 is 5.32 Å². The van der Waals surface area contributed by atoms with Crippen LogP contribution in [0.4, 0.5) is 5.69 Å². The summed E-state index contributed by atoms with van der Waals surface area (Å²) < 4.78 is 0. The van der Waals surface area contributed by atoms with Gasteiger partial charge in [0.25, 0.3) is 0 Å². The minimum Gasteiger partial charge on any atom is -0.380 e. The molecule has 2 nitrogen and oxygen atoms in total. The van der Waals surface area contributed by atoms with Crippen LogP contribution < -0.4 is 5.32 Å². The molecule has 0 aliphatic carbocycles. The second-order valence-electron chi connectivity index (χ2n) is 6.40. The summed E-state index contributed by atoms with van der Waals surface area (Å²) in [5, 5.41) is 12.4. The Kier molecular flexibility index (Phi) is 7.35. The molecule has 1 aromatic carbocycles. The van der Waals surface area contributed by atoms with Crippen LogP contribution in [0.5, 0.6) is 0 Å². The first-order valence-electron chi connectivity index (χ1n) is 7.56. The lowest BCUT2D eigenvalue weighted by Crippen LogP contribution is -2.36. The summed E-state index contributed by atoms with van der Waals surface area (Å²) in [7, 11) is 0. The van der Waals surface area contributed by atoms with E-state index in [0.29, 0.717) is 11.0 Å². The molecule has 0 amide bonds. The molecular formula is C18H30N2. The van der Waals surface area contributed by atoms with E-state index in [0.717, 1.165) is 18.5 Å². The van der Waals surface area contributed by atoms with Gasteiger partial charge in [-0.25, -0.2) is 0 Å². The fourth-order valence-electron chi connectivity index (χ4n) is 2.42. The lowest BCUT2D eigenvalue weighted by molar-refractivity contribution is 0.263. The van der Waals surface area contributed by atoms with Crippen molar-refractivity contribution in [2.75, 3.05) is 5.32 Å². The molecule has 1 N–H and O–H groups in total. The molecule has 0 heterocycles. The first kappa shape index (κ1) is 18.5. The van der Waals surface area contributed by atoms with Crippen molar-refractivity contribution in [1.82, 2.24) is 0 Å². The maximum atomic E-state index is 8.91. The largest absolute Gasteiger partial charge is 0.380 e. The molecule has 0 saturated carbocycles. The molecule has 0 atom stereocenters. The lowest BCUT2D eigenvalue weighted by Gasteiger charge is -2.36. The molecule has 0 aromatic heterocycles. The maximum absolute atomic E-state index is 8.91. The summed E-state index contributed by atoms with van der Waals surface area (Å²) in [4.78, 5) is 0. The van der Waals surface area contributed by atoms with Gasteiger partial charge in [0.05, 0.1) is 11.6 Å². The van der Waals surface area contributed by atoms with Gasteiger partial charge >= 0.3 is 0 Å². The minimum absolute atomic E-state index is 0.0214. The normalized spacial score (nSPS) is 11.1. The summed E-state index contributed by atoms with van der Waals surface area (Å²) >= 11 is 0. The Morgan fingerprint density at radius 1 is 1.15 bits per heavy atom. The second kappa shape index (κ2) is 7.94. The average Bonchev–Trinajstić information content (AvgIpc) is 2.39. The number of nitriles is 1. The van der Waals surface area contributed by atoms with E-state index in [2.05, 4.69) is 46.0 Å². The van der Waals surface area contributed by atoms with Crippen LogP contribution >= 0.6 is 0 Å². The molecule has 0 radical (unpaired) electrons. The Balaban J connectivity index is 0.00000172. The minimum atomic E-state index is 0.0214. The van der Waals surface area contributed by atoms with E-state index >= 15 is 0 Å². The summed E-state index contributed by atoms with van der Waals surface area (Å²) in [6.07, 6.45) is 2.25. The SMILES string of the molecule is CC.CCC(C)(C)CC(C)(C)Nc1cccc(C#N)c1. The number of benzene rings is 1. The van der Waals surface area contributed by atoms with Crippen LogP contribution in [-0.4, -0.2) is 5.54 Å². The molecular weight excluding hydrogens is 244 g/mol. The highest BCUT2D eigenvalue weighted by Crippen LogP contribution is 2.32. The third-order valence-electron chi connectivity index (χ3n) is 3.35. The summed E-state index contributed by atoms with van der Waals surface area (Å²) in [5.74, 6) is 0. The standard InChI is InChI=1S/C16H24N2.C2H6/c1-6-15(2,3)12-16(4,5)18-14-9-7-8-13(10-14)11-17;1-2/h7-10,18H,6,12H2,1-5H3;1-2H3. The van der Waals surface area contributed by atoms with Gasteiger partial charge in [-0.2, -0.15) is 5.26 Å². The Morgan fingerprint density at radius 3 is 2.25 bits per heavy atom. The Labute approximate surface area is 125 Å². The van der Waals surface area contributed by atoms with Crippen molar-refractivity contribution in [3.8, 4) is 6.07 Å². The second-order valence-corrected chi connectivity index (χ2v) is 6.40. The van der Waals surface area contributed by atoms with Crippen LogP contribution in [-0.2, 0) is 0 Å². The molecule has 112 valence electrons. The molecule has 0 fully saturated rings. The van der Waals surface area contributed by atoms with Gasteiger partial charge in [0.1, 0.15) is 0 Å². The zero-order chi connectivity index (χ0) is 15.8. The van der Waals surface area contributed by atoms with Gasteiger partial charge in [0.15, 0.2) is 0 Å². The van der Waals surface area contributed by atoms with E-state index < -0.39 is 0 Å². The molecule has 2 heteroatoms. The van der Waals surface area contributed by atoms with Crippen LogP contribution in [0, 0.1) is 16.7 Å². The number of rotatable bonds is 5. The van der Waals surface area contributed by atoms with Gasteiger partial charge in [0, 0.05) is 11.2 Å². The van der Waals surface area contributed by atoms with E-state index in [1.54, 1.807) is 0 Å². The van der Waals surface area contributed by atoms with E-state index in [1.807, 2.05) is 38.1 Å². The van der Waals surface area contributed by atoms with Gasteiger partial charge in [-0.1, -0.05) is 47.1 Å². The highest BCUT2D eigenvalue weighted by atomic mass is 15.0. The highest BCUT2D eigenvalue weighted by molar-refractivity contribution is 5.50. The topological polar surface area (TPSA) is 35.8 Å². The Hall–Kier alpha value is -1.49. The predicted octanol–water partition coefficient (Wildman–Crippen LogP) is 5.60. The average molecular weight is 274 g/mol. The maximum Gasteiger partial charge on any atom is 0.0992 e. The van der Waals surface area contributed by atoms with Crippen molar-refractivity contribution in [3.63, 3.8) is 0 Å². The number of anilines is 1. The molecule has 0 bridgehead atoms.